The molecule has 0 unspecified atom stereocenters. The van der Waals surface area contributed by atoms with Gasteiger partial charge >= 0.3 is 0 Å². The number of rotatable bonds is 3. The van der Waals surface area contributed by atoms with Gasteiger partial charge in [-0.2, -0.15) is 4.72 Å². The summed E-state index contributed by atoms with van der Waals surface area (Å²) in [6.45, 7) is 1.91. The summed E-state index contributed by atoms with van der Waals surface area (Å²) in [7, 11) is -3.53. The fourth-order valence-electron chi connectivity index (χ4n) is 2.23. The van der Waals surface area contributed by atoms with Crippen LogP contribution in [0.5, 0.6) is 0 Å². The zero-order chi connectivity index (χ0) is 14.6. The maximum Gasteiger partial charge on any atom is 0.241 e. The van der Waals surface area contributed by atoms with Crippen LogP contribution >= 0.6 is 0 Å². The lowest BCUT2D eigenvalue weighted by molar-refractivity contribution is 0.110. The number of hydrogen-bond acceptors (Lipinski definition) is 3. The molecular weight excluding hydrogens is 274 g/mol. The number of nitrogens with one attached hydrogen (secondary N) is 1. The number of aliphatic hydroxyl groups is 1. The van der Waals surface area contributed by atoms with Crippen molar-refractivity contribution in [1.29, 1.82) is 0 Å². The van der Waals surface area contributed by atoms with Crippen LogP contribution in [-0.4, -0.2) is 25.7 Å². The molecule has 0 radical (unpaired) electrons. The maximum atomic E-state index is 12.0. The molecule has 1 saturated carbocycles. The van der Waals surface area contributed by atoms with Gasteiger partial charge in [0, 0.05) is 0 Å². The minimum Gasteiger partial charge on any atom is -0.378 e. The molecule has 0 heterocycles. The average molecular weight is 293 g/mol. The molecular formula is C15H19NO3S. The van der Waals surface area contributed by atoms with Crippen molar-refractivity contribution in [3.8, 4) is 11.8 Å². The Morgan fingerprint density at radius 3 is 2.45 bits per heavy atom. The third kappa shape index (κ3) is 3.83. The zero-order valence-corrected chi connectivity index (χ0v) is 12.3. The smallest absolute Gasteiger partial charge is 0.241 e. The summed E-state index contributed by atoms with van der Waals surface area (Å²) in [4.78, 5) is 0.226. The number of benzene rings is 1. The van der Waals surface area contributed by atoms with Crippen LogP contribution in [0, 0.1) is 18.8 Å². The average Bonchev–Trinajstić information content (AvgIpc) is 2.83. The van der Waals surface area contributed by atoms with Crippen LogP contribution < -0.4 is 4.72 Å². The molecule has 0 aliphatic heterocycles. The Labute approximate surface area is 120 Å². The highest BCUT2D eigenvalue weighted by molar-refractivity contribution is 7.89. The minimum absolute atomic E-state index is 0.0124. The van der Waals surface area contributed by atoms with E-state index in [1.165, 1.54) is 0 Å². The Hall–Kier alpha value is -1.35. The Morgan fingerprint density at radius 2 is 1.85 bits per heavy atom. The molecule has 0 aromatic heterocycles. The first-order valence-corrected chi connectivity index (χ1v) is 8.18. The van der Waals surface area contributed by atoms with Crippen LogP contribution in [0.2, 0.25) is 0 Å². The number of hydrogen-bond donors (Lipinski definition) is 2. The lowest BCUT2D eigenvalue weighted by atomic mass is 10.0. The van der Waals surface area contributed by atoms with E-state index in [9.17, 15) is 13.5 Å². The second-order valence-electron chi connectivity index (χ2n) is 5.18. The van der Waals surface area contributed by atoms with E-state index >= 15 is 0 Å². The van der Waals surface area contributed by atoms with Crippen LogP contribution in [0.4, 0.5) is 0 Å². The fraction of sp³-hybridized carbons (Fsp3) is 0.467. The topological polar surface area (TPSA) is 66.4 Å². The van der Waals surface area contributed by atoms with Gasteiger partial charge in [-0.05, 0) is 44.7 Å². The monoisotopic (exact) mass is 293 g/mol. The first-order valence-electron chi connectivity index (χ1n) is 6.70. The van der Waals surface area contributed by atoms with Gasteiger partial charge in [-0.25, -0.2) is 8.42 Å². The molecule has 0 spiro atoms. The summed E-state index contributed by atoms with van der Waals surface area (Å²) < 4.78 is 26.4. The lowest BCUT2D eigenvalue weighted by Crippen LogP contribution is -2.25. The van der Waals surface area contributed by atoms with Gasteiger partial charge in [-0.1, -0.05) is 29.5 Å². The van der Waals surface area contributed by atoms with Gasteiger partial charge in [0.05, 0.1) is 11.4 Å². The van der Waals surface area contributed by atoms with E-state index in [0.717, 1.165) is 18.4 Å². The van der Waals surface area contributed by atoms with E-state index in [4.69, 9.17) is 0 Å². The van der Waals surface area contributed by atoms with E-state index < -0.39 is 15.6 Å². The van der Waals surface area contributed by atoms with Gasteiger partial charge in [-0.3, -0.25) is 0 Å². The second kappa shape index (κ2) is 5.96. The van der Waals surface area contributed by atoms with Gasteiger partial charge < -0.3 is 5.11 Å². The molecule has 1 aromatic carbocycles. The van der Waals surface area contributed by atoms with Crippen LogP contribution in [-0.2, 0) is 10.0 Å². The Bertz CT molecular complexity index is 617. The zero-order valence-electron chi connectivity index (χ0n) is 11.5. The lowest BCUT2D eigenvalue weighted by Gasteiger charge is -2.12. The van der Waals surface area contributed by atoms with Crippen LogP contribution in [0.15, 0.2) is 29.2 Å². The predicted octanol–water partition coefficient (Wildman–Crippen LogP) is 1.58. The van der Waals surface area contributed by atoms with Gasteiger partial charge in [-0.15, -0.1) is 0 Å². The molecule has 1 aromatic rings. The van der Waals surface area contributed by atoms with E-state index in [0.29, 0.717) is 12.8 Å². The quantitative estimate of drug-likeness (QED) is 0.832. The Morgan fingerprint density at radius 1 is 1.25 bits per heavy atom. The highest BCUT2D eigenvalue weighted by Gasteiger charge is 2.28. The molecule has 0 saturated heterocycles. The van der Waals surface area contributed by atoms with Crippen molar-refractivity contribution in [3.05, 3.63) is 29.8 Å². The van der Waals surface area contributed by atoms with E-state index in [1.54, 1.807) is 24.3 Å². The first-order chi connectivity index (χ1) is 9.41. The minimum atomic E-state index is -3.53. The summed E-state index contributed by atoms with van der Waals surface area (Å²) >= 11 is 0. The van der Waals surface area contributed by atoms with Crippen LogP contribution in [0.3, 0.4) is 0 Å². The van der Waals surface area contributed by atoms with Crippen molar-refractivity contribution in [2.45, 2.75) is 43.1 Å². The fourth-order valence-corrected chi connectivity index (χ4v) is 3.15. The molecule has 2 N–H and O–H groups in total. The molecule has 0 atom stereocenters. The molecule has 1 fully saturated rings. The van der Waals surface area contributed by atoms with E-state index in [-0.39, 0.29) is 11.4 Å². The molecule has 1 aliphatic carbocycles. The van der Waals surface area contributed by atoms with Gasteiger partial charge in [0.2, 0.25) is 10.0 Å². The van der Waals surface area contributed by atoms with E-state index in [1.807, 2.05) is 6.92 Å². The maximum absolute atomic E-state index is 12.0. The Balaban J connectivity index is 1.96. The van der Waals surface area contributed by atoms with Crippen LogP contribution in [0.1, 0.15) is 31.2 Å². The third-order valence-corrected chi connectivity index (χ3v) is 4.85. The number of sulfonamides is 1. The van der Waals surface area contributed by atoms with Crippen molar-refractivity contribution < 1.29 is 13.5 Å². The summed E-state index contributed by atoms with van der Waals surface area (Å²) in [6, 6.07) is 6.63. The standard InChI is InChI=1S/C15H19NO3S/c1-13-5-7-14(8-6-13)20(18,19)16-12-4-11-15(17)9-2-3-10-15/h5-8,16-17H,2-3,9-10,12H2,1H3. The first kappa shape index (κ1) is 15.0. The predicted molar refractivity (Wildman–Crippen MR) is 77.6 cm³/mol. The highest BCUT2D eigenvalue weighted by Crippen LogP contribution is 2.28. The molecule has 5 heteroatoms. The summed E-state index contributed by atoms with van der Waals surface area (Å²) in [5.41, 5.74) is 0.0853. The summed E-state index contributed by atoms with van der Waals surface area (Å²) in [5.74, 6) is 5.48. The largest absolute Gasteiger partial charge is 0.378 e. The molecule has 2 rings (SSSR count). The molecule has 20 heavy (non-hydrogen) atoms. The van der Waals surface area contributed by atoms with Gasteiger partial charge in [0.25, 0.3) is 0 Å². The van der Waals surface area contributed by atoms with Crippen molar-refractivity contribution in [3.63, 3.8) is 0 Å². The van der Waals surface area contributed by atoms with Crippen molar-refractivity contribution in [2.75, 3.05) is 6.54 Å². The molecule has 108 valence electrons. The van der Waals surface area contributed by atoms with E-state index in [2.05, 4.69) is 16.6 Å². The molecule has 4 nitrogen and oxygen atoms in total. The molecule has 1 aliphatic rings. The van der Waals surface area contributed by atoms with Gasteiger partial charge in [0.15, 0.2) is 0 Å². The second-order valence-corrected chi connectivity index (χ2v) is 6.95. The molecule has 0 amide bonds. The Kier molecular flexibility index (Phi) is 4.48. The highest BCUT2D eigenvalue weighted by atomic mass is 32.2. The molecule has 0 bridgehead atoms. The van der Waals surface area contributed by atoms with Crippen molar-refractivity contribution in [2.24, 2.45) is 0 Å². The van der Waals surface area contributed by atoms with Crippen molar-refractivity contribution in [1.82, 2.24) is 4.72 Å². The summed E-state index contributed by atoms with van der Waals surface area (Å²) in [6.07, 6.45) is 3.29. The number of aryl methyl sites for hydroxylation is 1. The third-order valence-electron chi connectivity index (χ3n) is 3.43. The van der Waals surface area contributed by atoms with Crippen LogP contribution in [0.25, 0.3) is 0 Å². The summed E-state index contributed by atoms with van der Waals surface area (Å²) in [5, 5.41) is 10.0. The SMILES string of the molecule is Cc1ccc(S(=O)(=O)NCC#CC2(O)CCCC2)cc1. The van der Waals surface area contributed by atoms with Crippen molar-refractivity contribution >= 4 is 10.0 Å². The van der Waals surface area contributed by atoms with Gasteiger partial charge in [0.1, 0.15) is 5.60 Å². The normalized spacial score (nSPS) is 17.5.